The second kappa shape index (κ2) is 5.98. The number of nitrogens with two attached hydrogens (primary N) is 1. The third kappa shape index (κ3) is 2.86. The summed E-state index contributed by atoms with van der Waals surface area (Å²) in [6.07, 6.45) is 5.95. The number of benzene rings is 1. The van der Waals surface area contributed by atoms with Crippen molar-refractivity contribution in [1.82, 2.24) is 5.16 Å². The summed E-state index contributed by atoms with van der Waals surface area (Å²) in [7, 11) is 1.63. The summed E-state index contributed by atoms with van der Waals surface area (Å²) >= 11 is 6.12. The van der Waals surface area contributed by atoms with E-state index < -0.39 is 0 Å². The fraction of sp³-hybridized carbons (Fsp3) is 0.438. The molecule has 2 N–H and O–H groups in total. The van der Waals surface area contributed by atoms with Crippen LogP contribution in [0.15, 0.2) is 22.7 Å². The minimum Gasteiger partial charge on any atom is -0.496 e. The Hall–Kier alpha value is -1.68. The first-order valence-corrected chi connectivity index (χ1v) is 7.64. The summed E-state index contributed by atoms with van der Waals surface area (Å²) in [5.41, 5.74) is 7.68. The Labute approximate surface area is 129 Å². The standard InChI is InChI=1S/C16H19ClN2O2/c1-20-13-7-6-11(17)9-12(13)15-14(21-19-16(15)18)8-10-4-2-3-5-10/h6-7,9-10H,2-5,8H2,1H3,(H2,18,19). The fourth-order valence-electron chi connectivity index (χ4n) is 3.12. The Morgan fingerprint density at radius 2 is 2.14 bits per heavy atom. The Bertz CT molecular complexity index is 633. The molecule has 0 amide bonds. The van der Waals surface area contributed by atoms with Crippen LogP contribution in [0.3, 0.4) is 0 Å². The monoisotopic (exact) mass is 306 g/mol. The van der Waals surface area contributed by atoms with E-state index in [9.17, 15) is 0 Å². The molecule has 0 radical (unpaired) electrons. The zero-order chi connectivity index (χ0) is 14.8. The molecule has 0 unspecified atom stereocenters. The molecule has 0 atom stereocenters. The zero-order valence-corrected chi connectivity index (χ0v) is 12.8. The number of aromatic nitrogens is 1. The van der Waals surface area contributed by atoms with Crippen LogP contribution < -0.4 is 10.5 Å². The second-order valence-corrected chi connectivity index (χ2v) is 6.00. The maximum atomic E-state index is 6.12. The quantitative estimate of drug-likeness (QED) is 0.914. The number of anilines is 1. The summed E-state index contributed by atoms with van der Waals surface area (Å²) in [6.45, 7) is 0. The molecule has 0 spiro atoms. The van der Waals surface area contributed by atoms with Gasteiger partial charge in [0.15, 0.2) is 5.82 Å². The van der Waals surface area contributed by atoms with E-state index in [1.807, 2.05) is 12.1 Å². The molecule has 1 aromatic heterocycles. The van der Waals surface area contributed by atoms with Gasteiger partial charge >= 0.3 is 0 Å². The molecule has 3 rings (SSSR count). The molecular formula is C16H19ClN2O2. The van der Waals surface area contributed by atoms with Crippen molar-refractivity contribution in [2.75, 3.05) is 12.8 Å². The second-order valence-electron chi connectivity index (χ2n) is 5.57. The highest BCUT2D eigenvalue weighted by Gasteiger charge is 2.24. The number of nitrogens with zero attached hydrogens (tertiary/aromatic N) is 1. The van der Waals surface area contributed by atoms with Gasteiger partial charge in [0.25, 0.3) is 0 Å². The maximum absolute atomic E-state index is 6.12. The molecule has 1 heterocycles. The smallest absolute Gasteiger partial charge is 0.175 e. The lowest BCUT2D eigenvalue weighted by Crippen LogP contribution is -2.00. The third-order valence-corrected chi connectivity index (χ3v) is 4.40. The maximum Gasteiger partial charge on any atom is 0.175 e. The van der Waals surface area contributed by atoms with Gasteiger partial charge in [0.05, 0.1) is 12.7 Å². The number of methoxy groups -OCH3 is 1. The molecular weight excluding hydrogens is 288 g/mol. The first-order chi connectivity index (χ1) is 10.2. The van der Waals surface area contributed by atoms with Crippen molar-refractivity contribution in [1.29, 1.82) is 0 Å². The van der Waals surface area contributed by atoms with Gasteiger partial charge in [-0.25, -0.2) is 0 Å². The van der Waals surface area contributed by atoms with Gasteiger partial charge in [-0.15, -0.1) is 0 Å². The highest BCUT2D eigenvalue weighted by molar-refractivity contribution is 6.31. The van der Waals surface area contributed by atoms with Crippen LogP contribution in [0, 0.1) is 5.92 Å². The van der Waals surface area contributed by atoms with E-state index in [1.165, 1.54) is 25.7 Å². The van der Waals surface area contributed by atoms with E-state index in [4.69, 9.17) is 26.6 Å². The van der Waals surface area contributed by atoms with Crippen LogP contribution in [0.5, 0.6) is 5.75 Å². The SMILES string of the molecule is COc1ccc(Cl)cc1-c1c(N)noc1CC1CCCC1. The Balaban J connectivity index is 2.01. The molecule has 1 saturated carbocycles. The van der Waals surface area contributed by atoms with Crippen LogP contribution in [-0.2, 0) is 6.42 Å². The lowest BCUT2D eigenvalue weighted by Gasteiger charge is -2.11. The van der Waals surface area contributed by atoms with Crippen molar-refractivity contribution >= 4 is 17.4 Å². The van der Waals surface area contributed by atoms with Crippen LogP contribution in [0.25, 0.3) is 11.1 Å². The summed E-state index contributed by atoms with van der Waals surface area (Å²) < 4.78 is 10.9. The topological polar surface area (TPSA) is 61.3 Å². The third-order valence-electron chi connectivity index (χ3n) is 4.17. The van der Waals surface area contributed by atoms with Crippen LogP contribution >= 0.6 is 11.6 Å². The van der Waals surface area contributed by atoms with Crippen molar-refractivity contribution in [2.45, 2.75) is 32.1 Å². The number of hydrogen-bond acceptors (Lipinski definition) is 4. The number of nitrogen functional groups attached to an aromatic ring is 1. The zero-order valence-electron chi connectivity index (χ0n) is 12.1. The molecule has 5 heteroatoms. The number of ether oxygens (including phenoxy) is 1. The molecule has 21 heavy (non-hydrogen) atoms. The lowest BCUT2D eigenvalue weighted by molar-refractivity contribution is 0.362. The van der Waals surface area contributed by atoms with Gasteiger partial charge in [-0.05, 0) is 24.1 Å². The van der Waals surface area contributed by atoms with Crippen LogP contribution in [0.2, 0.25) is 5.02 Å². The normalized spacial score (nSPS) is 15.5. The molecule has 0 aliphatic heterocycles. The van der Waals surface area contributed by atoms with Crippen molar-refractivity contribution in [3.8, 4) is 16.9 Å². The fourth-order valence-corrected chi connectivity index (χ4v) is 3.29. The molecule has 1 aromatic carbocycles. The molecule has 0 bridgehead atoms. The molecule has 4 nitrogen and oxygen atoms in total. The summed E-state index contributed by atoms with van der Waals surface area (Å²) in [6, 6.07) is 5.48. The van der Waals surface area contributed by atoms with E-state index in [0.717, 1.165) is 29.1 Å². The average molecular weight is 307 g/mol. The van der Waals surface area contributed by atoms with Gasteiger partial charge < -0.3 is 15.0 Å². The van der Waals surface area contributed by atoms with E-state index in [-0.39, 0.29) is 0 Å². The van der Waals surface area contributed by atoms with E-state index in [0.29, 0.717) is 16.8 Å². The summed E-state index contributed by atoms with van der Waals surface area (Å²) in [4.78, 5) is 0. The molecule has 2 aromatic rings. The van der Waals surface area contributed by atoms with Crippen molar-refractivity contribution in [2.24, 2.45) is 5.92 Å². The van der Waals surface area contributed by atoms with Crippen LogP contribution in [-0.4, -0.2) is 12.3 Å². The molecule has 1 aliphatic rings. The van der Waals surface area contributed by atoms with E-state index in [1.54, 1.807) is 13.2 Å². The Morgan fingerprint density at radius 1 is 1.38 bits per heavy atom. The molecule has 1 aliphatic carbocycles. The average Bonchev–Trinajstić information content (AvgIpc) is 3.10. The Morgan fingerprint density at radius 3 is 2.86 bits per heavy atom. The molecule has 0 saturated heterocycles. The summed E-state index contributed by atoms with van der Waals surface area (Å²) in [5, 5.41) is 4.58. The van der Waals surface area contributed by atoms with Crippen LogP contribution in [0.1, 0.15) is 31.4 Å². The minimum absolute atomic E-state index is 0.392. The Kier molecular flexibility index (Phi) is 4.06. The van der Waals surface area contributed by atoms with Gasteiger partial charge in [0.1, 0.15) is 11.5 Å². The van der Waals surface area contributed by atoms with E-state index >= 15 is 0 Å². The van der Waals surface area contributed by atoms with Gasteiger partial charge in [0.2, 0.25) is 0 Å². The lowest BCUT2D eigenvalue weighted by atomic mass is 9.96. The summed E-state index contributed by atoms with van der Waals surface area (Å²) in [5.74, 6) is 2.60. The first-order valence-electron chi connectivity index (χ1n) is 7.27. The van der Waals surface area contributed by atoms with Gasteiger partial charge in [-0.1, -0.05) is 42.4 Å². The highest BCUT2D eigenvalue weighted by atomic mass is 35.5. The van der Waals surface area contributed by atoms with Crippen molar-refractivity contribution in [3.63, 3.8) is 0 Å². The van der Waals surface area contributed by atoms with Gasteiger partial charge in [0, 0.05) is 17.0 Å². The van der Waals surface area contributed by atoms with Crippen LogP contribution in [0.4, 0.5) is 5.82 Å². The van der Waals surface area contributed by atoms with E-state index in [2.05, 4.69) is 5.16 Å². The van der Waals surface area contributed by atoms with Crippen molar-refractivity contribution < 1.29 is 9.26 Å². The predicted octanol–water partition coefficient (Wildman–Crippen LogP) is 4.32. The largest absolute Gasteiger partial charge is 0.496 e. The number of rotatable bonds is 4. The first kappa shape index (κ1) is 14.3. The van der Waals surface area contributed by atoms with Gasteiger partial charge in [-0.2, -0.15) is 0 Å². The van der Waals surface area contributed by atoms with Crippen molar-refractivity contribution in [3.05, 3.63) is 29.0 Å². The van der Waals surface area contributed by atoms with Gasteiger partial charge in [-0.3, -0.25) is 0 Å². The highest BCUT2D eigenvalue weighted by Crippen LogP contribution is 2.40. The molecule has 1 fully saturated rings. The minimum atomic E-state index is 0.392. The predicted molar refractivity (Wildman–Crippen MR) is 83.6 cm³/mol. The number of halogens is 1. The number of hydrogen-bond donors (Lipinski definition) is 1. The molecule has 112 valence electrons.